The zero-order valence-corrected chi connectivity index (χ0v) is 13.7. The number of para-hydroxylation sites is 1. The van der Waals surface area contributed by atoms with Crippen LogP contribution in [0.4, 0.5) is 4.39 Å². The molecule has 0 aliphatic heterocycles. The molecular formula is C17H16FN3OS. The van der Waals surface area contributed by atoms with Gasteiger partial charge in [-0.2, -0.15) is 0 Å². The highest BCUT2D eigenvalue weighted by molar-refractivity contribution is 7.98. The van der Waals surface area contributed by atoms with Crippen molar-refractivity contribution in [2.45, 2.75) is 17.8 Å². The maximum absolute atomic E-state index is 14.0. The SMILES string of the molecule is COc1ccc(C)cc1CSc1nncn1-c1ccccc1F. The van der Waals surface area contributed by atoms with E-state index in [0.29, 0.717) is 16.6 Å². The van der Waals surface area contributed by atoms with Crippen molar-refractivity contribution in [1.29, 1.82) is 0 Å². The van der Waals surface area contributed by atoms with Crippen LogP contribution in [-0.4, -0.2) is 21.9 Å². The molecule has 2 aromatic carbocycles. The second-order valence-electron chi connectivity index (χ2n) is 5.04. The van der Waals surface area contributed by atoms with E-state index in [9.17, 15) is 4.39 Å². The summed E-state index contributed by atoms with van der Waals surface area (Å²) in [5, 5.41) is 8.64. The Morgan fingerprint density at radius 1 is 1.22 bits per heavy atom. The van der Waals surface area contributed by atoms with Gasteiger partial charge in [-0.05, 0) is 25.1 Å². The normalized spacial score (nSPS) is 10.7. The number of aromatic nitrogens is 3. The third kappa shape index (κ3) is 3.37. The van der Waals surface area contributed by atoms with E-state index in [4.69, 9.17) is 4.74 Å². The summed E-state index contributed by atoms with van der Waals surface area (Å²) in [6.45, 7) is 2.04. The van der Waals surface area contributed by atoms with Crippen LogP contribution in [0.2, 0.25) is 0 Å². The fourth-order valence-corrected chi connectivity index (χ4v) is 3.20. The van der Waals surface area contributed by atoms with Crippen LogP contribution in [0.15, 0.2) is 53.9 Å². The van der Waals surface area contributed by atoms with E-state index in [1.807, 2.05) is 19.1 Å². The smallest absolute Gasteiger partial charge is 0.196 e. The van der Waals surface area contributed by atoms with Crippen LogP contribution in [0.1, 0.15) is 11.1 Å². The quantitative estimate of drug-likeness (QED) is 0.663. The zero-order valence-electron chi connectivity index (χ0n) is 12.9. The van der Waals surface area contributed by atoms with E-state index in [1.54, 1.807) is 29.9 Å². The van der Waals surface area contributed by atoms with E-state index in [0.717, 1.165) is 16.9 Å². The van der Waals surface area contributed by atoms with E-state index in [-0.39, 0.29) is 5.82 Å². The lowest BCUT2D eigenvalue weighted by Crippen LogP contribution is -1.99. The van der Waals surface area contributed by atoms with Gasteiger partial charge in [-0.3, -0.25) is 4.57 Å². The van der Waals surface area contributed by atoms with E-state index < -0.39 is 0 Å². The van der Waals surface area contributed by atoms with E-state index >= 15 is 0 Å². The van der Waals surface area contributed by atoms with Gasteiger partial charge in [-0.1, -0.05) is 41.6 Å². The number of methoxy groups -OCH3 is 1. The highest BCUT2D eigenvalue weighted by atomic mass is 32.2. The van der Waals surface area contributed by atoms with Crippen LogP contribution in [-0.2, 0) is 5.75 Å². The lowest BCUT2D eigenvalue weighted by molar-refractivity contribution is 0.411. The number of hydrogen-bond donors (Lipinski definition) is 0. The van der Waals surface area contributed by atoms with E-state index in [1.165, 1.54) is 24.2 Å². The molecule has 0 saturated carbocycles. The summed E-state index contributed by atoms with van der Waals surface area (Å²) < 4.78 is 21.0. The largest absolute Gasteiger partial charge is 0.496 e. The van der Waals surface area contributed by atoms with Gasteiger partial charge in [-0.25, -0.2) is 4.39 Å². The molecular weight excluding hydrogens is 313 g/mol. The van der Waals surface area contributed by atoms with Crippen molar-refractivity contribution in [2.24, 2.45) is 0 Å². The average molecular weight is 329 g/mol. The Balaban J connectivity index is 1.85. The Labute approximate surface area is 138 Å². The average Bonchev–Trinajstić information content (AvgIpc) is 3.02. The van der Waals surface area contributed by atoms with Crippen LogP contribution < -0.4 is 4.74 Å². The lowest BCUT2D eigenvalue weighted by atomic mass is 10.1. The minimum absolute atomic E-state index is 0.303. The Morgan fingerprint density at radius 2 is 2.04 bits per heavy atom. The van der Waals surface area contributed by atoms with Crippen molar-refractivity contribution in [3.63, 3.8) is 0 Å². The first-order valence-corrected chi connectivity index (χ1v) is 8.09. The molecule has 0 spiro atoms. The van der Waals surface area contributed by atoms with Crippen LogP contribution in [0.5, 0.6) is 5.75 Å². The molecule has 0 aliphatic carbocycles. The Hall–Kier alpha value is -2.34. The predicted molar refractivity (Wildman–Crippen MR) is 88.6 cm³/mol. The molecule has 4 nitrogen and oxygen atoms in total. The fourth-order valence-electron chi connectivity index (χ4n) is 2.30. The molecule has 1 heterocycles. The molecule has 6 heteroatoms. The molecule has 0 N–H and O–H groups in total. The monoisotopic (exact) mass is 329 g/mol. The molecule has 0 saturated heterocycles. The van der Waals surface area contributed by atoms with Crippen molar-refractivity contribution in [2.75, 3.05) is 7.11 Å². The minimum Gasteiger partial charge on any atom is -0.496 e. The third-order valence-corrected chi connectivity index (χ3v) is 4.41. The Morgan fingerprint density at radius 3 is 2.83 bits per heavy atom. The van der Waals surface area contributed by atoms with Gasteiger partial charge in [0.25, 0.3) is 0 Å². The van der Waals surface area contributed by atoms with Crippen LogP contribution >= 0.6 is 11.8 Å². The molecule has 0 amide bonds. The minimum atomic E-state index is -0.303. The van der Waals surface area contributed by atoms with Gasteiger partial charge < -0.3 is 4.74 Å². The molecule has 0 fully saturated rings. The molecule has 0 unspecified atom stereocenters. The fraction of sp³-hybridized carbons (Fsp3) is 0.176. The standard InChI is InChI=1S/C17H16FN3OS/c1-12-7-8-16(22-2)13(9-12)10-23-17-20-19-11-21(17)15-6-4-3-5-14(15)18/h3-9,11H,10H2,1-2H3. The summed E-state index contributed by atoms with van der Waals surface area (Å²) in [6.07, 6.45) is 1.52. The number of hydrogen-bond acceptors (Lipinski definition) is 4. The van der Waals surface area contributed by atoms with Gasteiger partial charge in [0.1, 0.15) is 17.9 Å². The highest BCUT2D eigenvalue weighted by Crippen LogP contribution is 2.29. The lowest BCUT2D eigenvalue weighted by Gasteiger charge is -2.10. The van der Waals surface area contributed by atoms with Gasteiger partial charge in [0.15, 0.2) is 5.16 Å². The summed E-state index contributed by atoms with van der Waals surface area (Å²) in [4.78, 5) is 0. The predicted octanol–water partition coefficient (Wildman–Crippen LogP) is 4.02. The summed E-state index contributed by atoms with van der Waals surface area (Å²) in [5.74, 6) is 1.19. The van der Waals surface area contributed by atoms with Gasteiger partial charge >= 0.3 is 0 Å². The molecule has 1 aromatic heterocycles. The molecule has 23 heavy (non-hydrogen) atoms. The van der Waals surface area contributed by atoms with Crippen molar-refractivity contribution in [1.82, 2.24) is 14.8 Å². The van der Waals surface area contributed by atoms with Gasteiger partial charge in [0.05, 0.1) is 12.8 Å². The summed E-state index contributed by atoms with van der Waals surface area (Å²) >= 11 is 1.49. The van der Waals surface area contributed by atoms with Gasteiger partial charge in [0, 0.05) is 11.3 Å². The van der Waals surface area contributed by atoms with Gasteiger partial charge in [-0.15, -0.1) is 10.2 Å². The maximum Gasteiger partial charge on any atom is 0.196 e. The second kappa shape index (κ2) is 6.83. The van der Waals surface area contributed by atoms with Gasteiger partial charge in [0.2, 0.25) is 0 Å². The number of halogens is 1. The first-order chi connectivity index (χ1) is 11.2. The number of ether oxygens (including phenoxy) is 1. The molecule has 0 aliphatic rings. The Kier molecular flexibility index (Phi) is 4.62. The topological polar surface area (TPSA) is 39.9 Å². The number of aryl methyl sites for hydroxylation is 1. The number of rotatable bonds is 5. The first kappa shape index (κ1) is 15.6. The van der Waals surface area contributed by atoms with Crippen molar-refractivity contribution in [3.8, 4) is 11.4 Å². The summed E-state index contributed by atoms with van der Waals surface area (Å²) in [7, 11) is 1.65. The summed E-state index contributed by atoms with van der Waals surface area (Å²) in [6, 6.07) is 12.6. The highest BCUT2D eigenvalue weighted by Gasteiger charge is 2.12. The molecule has 3 aromatic rings. The number of benzene rings is 2. The Bertz CT molecular complexity index is 819. The third-order valence-electron chi connectivity index (χ3n) is 3.42. The van der Waals surface area contributed by atoms with Crippen LogP contribution in [0.3, 0.4) is 0 Å². The first-order valence-electron chi connectivity index (χ1n) is 7.10. The molecule has 0 atom stereocenters. The number of thioether (sulfide) groups is 1. The second-order valence-corrected chi connectivity index (χ2v) is 5.98. The molecule has 118 valence electrons. The maximum atomic E-state index is 14.0. The molecule has 3 rings (SSSR count). The van der Waals surface area contributed by atoms with Crippen molar-refractivity contribution >= 4 is 11.8 Å². The van der Waals surface area contributed by atoms with Crippen molar-refractivity contribution in [3.05, 3.63) is 65.7 Å². The number of nitrogens with zero attached hydrogens (tertiary/aromatic N) is 3. The molecule has 0 bridgehead atoms. The zero-order chi connectivity index (χ0) is 16.2. The van der Waals surface area contributed by atoms with Crippen LogP contribution in [0, 0.1) is 12.7 Å². The summed E-state index contributed by atoms with van der Waals surface area (Å²) in [5.41, 5.74) is 2.67. The van der Waals surface area contributed by atoms with E-state index in [2.05, 4.69) is 16.3 Å². The molecule has 0 radical (unpaired) electrons. The van der Waals surface area contributed by atoms with Crippen molar-refractivity contribution < 1.29 is 9.13 Å². The van der Waals surface area contributed by atoms with Crippen LogP contribution in [0.25, 0.3) is 5.69 Å².